The molecule has 0 radical (unpaired) electrons. The lowest BCUT2D eigenvalue weighted by Gasteiger charge is -2.27. The maximum absolute atomic E-state index is 12.7. The molecule has 4 rings (SSSR count). The van der Waals surface area contributed by atoms with Crippen molar-refractivity contribution in [2.45, 2.75) is 38.8 Å². The molecule has 7 nitrogen and oxygen atoms in total. The van der Waals surface area contributed by atoms with Crippen LogP contribution in [-0.2, 0) is 17.8 Å². The molecule has 2 aromatic heterocycles. The van der Waals surface area contributed by atoms with E-state index in [1.165, 1.54) is 23.3 Å². The smallest absolute Gasteiger partial charge is 0.244 e. The number of guanidine groups is 1. The fraction of sp³-hybridized carbons (Fsp3) is 0.545. The number of hydrogen-bond acceptors (Lipinski definition) is 5. The van der Waals surface area contributed by atoms with Gasteiger partial charge in [0, 0.05) is 31.1 Å². The van der Waals surface area contributed by atoms with E-state index >= 15 is 0 Å². The summed E-state index contributed by atoms with van der Waals surface area (Å²) >= 11 is 1.79. The third-order valence-electron chi connectivity index (χ3n) is 5.79. The number of rotatable bonds is 7. The van der Waals surface area contributed by atoms with Crippen LogP contribution in [0.3, 0.4) is 0 Å². The highest BCUT2D eigenvalue weighted by Gasteiger charge is 2.26. The van der Waals surface area contributed by atoms with Crippen LogP contribution in [0.1, 0.15) is 42.0 Å². The summed E-state index contributed by atoms with van der Waals surface area (Å²) in [7, 11) is 0. The maximum Gasteiger partial charge on any atom is 0.244 e. The molecule has 0 bridgehead atoms. The minimum atomic E-state index is 0. The SMILES string of the molecule is CCNC(=NCC(=O)N1CCc2sccc2C1)NCC(c1ccco1)N1CCCC1.I. The first kappa shape index (κ1) is 24.1. The molecule has 1 unspecified atom stereocenters. The highest BCUT2D eigenvalue weighted by atomic mass is 127. The Labute approximate surface area is 205 Å². The minimum Gasteiger partial charge on any atom is -0.468 e. The number of likely N-dealkylation sites (tertiary alicyclic amines) is 1. The quantitative estimate of drug-likeness (QED) is 0.311. The second kappa shape index (κ2) is 11.9. The van der Waals surface area contributed by atoms with Crippen LogP contribution in [0.2, 0.25) is 0 Å². The molecule has 0 aromatic carbocycles. The number of thiophene rings is 1. The Bertz CT molecular complexity index is 848. The lowest BCUT2D eigenvalue weighted by molar-refractivity contribution is -0.130. The number of halogens is 1. The first-order valence-corrected chi connectivity index (χ1v) is 11.7. The monoisotopic (exact) mass is 557 g/mol. The van der Waals surface area contributed by atoms with Crippen molar-refractivity contribution < 1.29 is 9.21 Å². The summed E-state index contributed by atoms with van der Waals surface area (Å²) in [6.07, 6.45) is 5.12. The lowest BCUT2D eigenvalue weighted by atomic mass is 10.1. The number of amides is 1. The van der Waals surface area contributed by atoms with Gasteiger partial charge in [-0.05, 0) is 68.4 Å². The van der Waals surface area contributed by atoms with Crippen molar-refractivity contribution in [2.24, 2.45) is 4.99 Å². The van der Waals surface area contributed by atoms with Gasteiger partial charge in [0.25, 0.3) is 0 Å². The number of carbonyl (C=O) groups excluding carboxylic acids is 1. The zero-order chi connectivity index (χ0) is 20.8. The Balaban J connectivity index is 0.00000272. The molecule has 1 amide bonds. The number of fused-ring (bicyclic) bond motifs is 1. The van der Waals surface area contributed by atoms with Gasteiger partial charge in [0.2, 0.25) is 5.91 Å². The molecule has 1 atom stereocenters. The molecule has 2 aliphatic rings. The van der Waals surface area contributed by atoms with Crippen LogP contribution in [-0.4, -0.2) is 60.9 Å². The van der Waals surface area contributed by atoms with Crippen LogP contribution in [0.15, 0.2) is 39.3 Å². The van der Waals surface area contributed by atoms with Crippen molar-refractivity contribution in [3.05, 3.63) is 46.0 Å². The number of nitrogens with one attached hydrogen (secondary N) is 2. The third kappa shape index (κ3) is 6.23. The summed E-state index contributed by atoms with van der Waals surface area (Å²) in [6, 6.07) is 6.27. The Hall–Kier alpha value is -1.59. The van der Waals surface area contributed by atoms with E-state index in [0.29, 0.717) is 19.0 Å². The summed E-state index contributed by atoms with van der Waals surface area (Å²) in [5.41, 5.74) is 1.28. The van der Waals surface area contributed by atoms with E-state index in [4.69, 9.17) is 4.42 Å². The van der Waals surface area contributed by atoms with Gasteiger partial charge in [-0.1, -0.05) is 0 Å². The van der Waals surface area contributed by atoms with Crippen molar-refractivity contribution in [3.8, 4) is 0 Å². The van der Waals surface area contributed by atoms with Crippen LogP contribution < -0.4 is 10.6 Å². The number of aliphatic imine (C=N–C) groups is 1. The topological polar surface area (TPSA) is 73.1 Å². The van der Waals surface area contributed by atoms with Gasteiger partial charge in [0.05, 0.1) is 12.3 Å². The number of nitrogens with zero attached hydrogens (tertiary/aromatic N) is 3. The number of hydrogen-bond donors (Lipinski definition) is 2. The molecule has 0 aliphatic carbocycles. The highest BCUT2D eigenvalue weighted by molar-refractivity contribution is 14.0. The second-order valence-corrected chi connectivity index (χ2v) is 8.79. The molecule has 9 heteroatoms. The first-order chi connectivity index (χ1) is 14.7. The average Bonchev–Trinajstić information content (AvgIpc) is 3.54. The molecule has 1 fully saturated rings. The van der Waals surface area contributed by atoms with Crippen LogP contribution in [0.4, 0.5) is 0 Å². The Morgan fingerprint density at radius 2 is 2.10 bits per heavy atom. The van der Waals surface area contributed by atoms with E-state index in [-0.39, 0.29) is 42.5 Å². The van der Waals surface area contributed by atoms with Gasteiger partial charge in [0.15, 0.2) is 5.96 Å². The van der Waals surface area contributed by atoms with Gasteiger partial charge in [-0.15, -0.1) is 35.3 Å². The van der Waals surface area contributed by atoms with Crippen LogP contribution in [0.25, 0.3) is 0 Å². The standard InChI is InChI=1S/C22H31N5O2S.HI/c1-2-23-22(24-14-18(19-6-5-12-29-19)26-9-3-4-10-26)25-15-21(28)27-11-7-20-17(16-27)8-13-30-20;/h5-6,8,12-13,18H,2-4,7,9-11,14-16H2,1H3,(H2,23,24,25);1H. The van der Waals surface area contributed by atoms with Crippen molar-refractivity contribution >= 4 is 47.2 Å². The molecule has 1 saturated heterocycles. The third-order valence-corrected chi connectivity index (χ3v) is 6.82. The summed E-state index contributed by atoms with van der Waals surface area (Å²) < 4.78 is 5.70. The van der Waals surface area contributed by atoms with Crippen molar-refractivity contribution in [1.29, 1.82) is 0 Å². The minimum absolute atomic E-state index is 0. The van der Waals surface area contributed by atoms with Crippen LogP contribution in [0, 0.1) is 0 Å². The molecule has 0 saturated carbocycles. The van der Waals surface area contributed by atoms with Crippen molar-refractivity contribution in [3.63, 3.8) is 0 Å². The van der Waals surface area contributed by atoms with Crippen molar-refractivity contribution in [1.82, 2.24) is 20.4 Å². The Kier molecular flexibility index (Phi) is 9.21. The summed E-state index contributed by atoms with van der Waals surface area (Å²) in [5, 5.41) is 8.80. The fourth-order valence-corrected chi connectivity index (χ4v) is 5.08. The van der Waals surface area contributed by atoms with E-state index in [2.05, 4.69) is 32.0 Å². The van der Waals surface area contributed by atoms with Crippen molar-refractivity contribution in [2.75, 3.05) is 39.3 Å². The van der Waals surface area contributed by atoms with Gasteiger partial charge in [0.1, 0.15) is 12.3 Å². The largest absolute Gasteiger partial charge is 0.468 e. The lowest BCUT2D eigenvalue weighted by Crippen LogP contribution is -2.43. The van der Waals surface area contributed by atoms with E-state index < -0.39 is 0 Å². The zero-order valence-corrected chi connectivity index (χ0v) is 21.2. The molecule has 4 heterocycles. The summed E-state index contributed by atoms with van der Waals surface area (Å²) in [5.74, 6) is 1.72. The van der Waals surface area contributed by atoms with Crippen LogP contribution in [0.5, 0.6) is 0 Å². The predicted molar refractivity (Wildman–Crippen MR) is 135 cm³/mol. The van der Waals surface area contributed by atoms with E-state index in [9.17, 15) is 4.79 Å². The zero-order valence-electron chi connectivity index (χ0n) is 18.0. The van der Waals surface area contributed by atoms with Gasteiger partial charge in [-0.2, -0.15) is 0 Å². The molecular formula is C22H32IN5O2S. The summed E-state index contributed by atoms with van der Waals surface area (Å²) in [6.45, 7) is 7.27. The number of furan rings is 1. The van der Waals surface area contributed by atoms with E-state index in [0.717, 1.165) is 38.4 Å². The molecular weight excluding hydrogens is 525 g/mol. The van der Waals surface area contributed by atoms with Gasteiger partial charge >= 0.3 is 0 Å². The van der Waals surface area contributed by atoms with E-state index in [1.807, 2.05) is 24.0 Å². The molecule has 0 spiro atoms. The summed E-state index contributed by atoms with van der Waals surface area (Å²) in [4.78, 5) is 23.1. The van der Waals surface area contributed by atoms with Crippen LogP contribution >= 0.6 is 35.3 Å². The Morgan fingerprint density at radius 1 is 1.26 bits per heavy atom. The number of carbonyl (C=O) groups is 1. The highest BCUT2D eigenvalue weighted by Crippen LogP contribution is 2.25. The second-order valence-electron chi connectivity index (χ2n) is 7.78. The first-order valence-electron chi connectivity index (χ1n) is 10.9. The molecule has 170 valence electrons. The predicted octanol–water partition coefficient (Wildman–Crippen LogP) is 3.24. The molecule has 31 heavy (non-hydrogen) atoms. The fourth-order valence-electron chi connectivity index (χ4n) is 4.19. The van der Waals surface area contributed by atoms with E-state index in [1.54, 1.807) is 17.6 Å². The molecule has 2 N–H and O–H groups in total. The average molecular weight is 558 g/mol. The Morgan fingerprint density at radius 3 is 2.84 bits per heavy atom. The molecule has 2 aromatic rings. The maximum atomic E-state index is 12.7. The van der Waals surface area contributed by atoms with Gasteiger partial charge in [-0.3, -0.25) is 9.69 Å². The van der Waals surface area contributed by atoms with Gasteiger partial charge in [-0.25, -0.2) is 4.99 Å². The van der Waals surface area contributed by atoms with Gasteiger partial charge < -0.3 is 20.0 Å². The normalized spacial score (nSPS) is 17.7. The molecule has 2 aliphatic heterocycles.